The summed E-state index contributed by atoms with van der Waals surface area (Å²) in [5.41, 5.74) is 1.94. The molecule has 0 saturated heterocycles. The van der Waals surface area contributed by atoms with Gasteiger partial charge in [-0.05, 0) is 55.3 Å². The van der Waals surface area contributed by atoms with Crippen LogP contribution < -0.4 is 14.2 Å². The van der Waals surface area contributed by atoms with Crippen molar-refractivity contribution in [3.63, 3.8) is 0 Å². The van der Waals surface area contributed by atoms with Gasteiger partial charge in [0, 0.05) is 12.6 Å². The monoisotopic (exact) mass is 367 g/mol. The fourth-order valence-corrected chi connectivity index (χ4v) is 3.13. The van der Waals surface area contributed by atoms with Crippen LogP contribution in [0.25, 0.3) is 6.08 Å². The summed E-state index contributed by atoms with van der Waals surface area (Å²) in [6.07, 6.45) is 3.41. The van der Waals surface area contributed by atoms with Gasteiger partial charge in [-0.15, -0.1) is 0 Å². The summed E-state index contributed by atoms with van der Waals surface area (Å²) in [5, 5.41) is 0. The van der Waals surface area contributed by atoms with Gasteiger partial charge in [0.15, 0.2) is 11.5 Å². The van der Waals surface area contributed by atoms with Gasteiger partial charge in [0.1, 0.15) is 19.0 Å². The summed E-state index contributed by atoms with van der Waals surface area (Å²) in [6, 6.07) is 13.4. The van der Waals surface area contributed by atoms with Crippen LogP contribution in [-0.4, -0.2) is 37.7 Å². The third kappa shape index (κ3) is 4.42. The molecule has 1 unspecified atom stereocenters. The Bertz CT molecular complexity index is 831. The van der Waals surface area contributed by atoms with E-state index in [2.05, 4.69) is 0 Å². The molecule has 0 fully saturated rings. The lowest BCUT2D eigenvalue weighted by Crippen LogP contribution is -2.32. The first-order chi connectivity index (χ1) is 13.1. The molecule has 2 aromatic carbocycles. The molecule has 1 aliphatic rings. The largest absolute Gasteiger partial charge is 0.497 e. The van der Waals surface area contributed by atoms with Gasteiger partial charge in [0.25, 0.3) is 0 Å². The van der Waals surface area contributed by atoms with E-state index < -0.39 is 0 Å². The average Bonchev–Trinajstić information content (AvgIpc) is 2.72. The van der Waals surface area contributed by atoms with Crippen molar-refractivity contribution in [3.05, 3.63) is 59.7 Å². The molecule has 0 bridgehead atoms. The average molecular weight is 367 g/mol. The standard InChI is InChI=1S/C22H25NO4/c1-4-23(16(2)18-6-5-7-19(15-18)25-3)22(24)11-9-17-8-10-20-21(14-17)27-13-12-26-20/h5-11,14-16H,4,12-13H2,1-3H3/b11-9+. The van der Waals surface area contributed by atoms with Gasteiger partial charge in [0.2, 0.25) is 5.91 Å². The van der Waals surface area contributed by atoms with Gasteiger partial charge in [-0.3, -0.25) is 4.79 Å². The van der Waals surface area contributed by atoms with Crippen molar-refractivity contribution in [2.45, 2.75) is 19.9 Å². The number of carbonyl (C=O) groups is 1. The van der Waals surface area contributed by atoms with Gasteiger partial charge in [-0.2, -0.15) is 0 Å². The molecule has 1 heterocycles. The lowest BCUT2D eigenvalue weighted by molar-refractivity contribution is -0.127. The number of carbonyl (C=O) groups excluding carboxylic acids is 1. The van der Waals surface area contributed by atoms with Gasteiger partial charge in [-0.1, -0.05) is 18.2 Å². The van der Waals surface area contributed by atoms with Gasteiger partial charge < -0.3 is 19.1 Å². The Morgan fingerprint density at radius 3 is 2.70 bits per heavy atom. The Kier molecular flexibility index (Phi) is 6.01. The van der Waals surface area contributed by atoms with Gasteiger partial charge >= 0.3 is 0 Å². The van der Waals surface area contributed by atoms with E-state index in [1.54, 1.807) is 13.2 Å². The molecule has 2 aromatic rings. The van der Waals surface area contributed by atoms with Gasteiger partial charge in [0.05, 0.1) is 13.2 Å². The highest BCUT2D eigenvalue weighted by molar-refractivity contribution is 5.92. The van der Waals surface area contributed by atoms with Crippen molar-refractivity contribution in [2.24, 2.45) is 0 Å². The molecule has 0 aliphatic carbocycles. The van der Waals surface area contributed by atoms with Crippen LogP contribution in [-0.2, 0) is 4.79 Å². The highest BCUT2D eigenvalue weighted by atomic mass is 16.6. The third-order valence-corrected chi connectivity index (χ3v) is 4.65. The zero-order valence-electron chi connectivity index (χ0n) is 16.0. The molecule has 0 spiro atoms. The number of hydrogen-bond acceptors (Lipinski definition) is 4. The molecule has 0 N–H and O–H groups in total. The minimum atomic E-state index is -0.0532. The maximum Gasteiger partial charge on any atom is 0.247 e. The first-order valence-corrected chi connectivity index (χ1v) is 9.14. The number of fused-ring (bicyclic) bond motifs is 1. The van der Waals surface area contributed by atoms with Crippen molar-refractivity contribution in [2.75, 3.05) is 26.9 Å². The van der Waals surface area contributed by atoms with E-state index in [1.807, 2.05) is 67.3 Å². The van der Waals surface area contributed by atoms with Crippen LogP contribution in [0.1, 0.15) is 31.0 Å². The van der Waals surface area contributed by atoms with Crippen LogP contribution in [0, 0.1) is 0 Å². The minimum Gasteiger partial charge on any atom is -0.497 e. The van der Waals surface area contributed by atoms with E-state index in [0.29, 0.717) is 25.5 Å². The lowest BCUT2D eigenvalue weighted by Gasteiger charge is -2.27. The normalized spacial score (nSPS) is 14.0. The molecule has 1 atom stereocenters. The van der Waals surface area contributed by atoms with Crippen LogP contribution in [0.3, 0.4) is 0 Å². The first kappa shape index (κ1) is 18.8. The van der Waals surface area contributed by atoms with Crippen LogP contribution in [0.4, 0.5) is 0 Å². The summed E-state index contributed by atoms with van der Waals surface area (Å²) in [6.45, 7) is 5.72. The molecule has 1 amide bonds. The maximum atomic E-state index is 12.8. The lowest BCUT2D eigenvalue weighted by atomic mass is 10.1. The third-order valence-electron chi connectivity index (χ3n) is 4.65. The van der Waals surface area contributed by atoms with Crippen molar-refractivity contribution in [3.8, 4) is 17.2 Å². The van der Waals surface area contributed by atoms with E-state index >= 15 is 0 Å². The Hall–Kier alpha value is -2.95. The van der Waals surface area contributed by atoms with Crippen LogP contribution in [0.15, 0.2) is 48.5 Å². The van der Waals surface area contributed by atoms with E-state index in [1.165, 1.54) is 0 Å². The number of hydrogen-bond donors (Lipinski definition) is 0. The number of methoxy groups -OCH3 is 1. The predicted octanol–water partition coefficient (Wildman–Crippen LogP) is 4.09. The summed E-state index contributed by atoms with van der Waals surface area (Å²) >= 11 is 0. The SMILES string of the molecule is CCN(C(=O)/C=C/c1ccc2c(c1)OCCO2)C(C)c1cccc(OC)c1. The topological polar surface area (TPSA) is 48.0 Å². The number of ether oxygens (including phenoxy) is 3. The number of benzene rings is 2. The molecular weight excluding hydrogens is 342 g/mol. The van der Waals surface area contributed by atoms with Crippen molar-refractivity contribution >= 4 is 12.0 Å². The molecule has 5 nitrogen and oxygen atoms in total. The fraction of sp³-hybridized carbons (Fsp3) is 0.318. The molecule has 0 radical (unpaired) electrons. The molecule has 142 valence electrons. The second kappa shape index (κ2) is 8.62. The fourth-order valence-electron chi connectivity index (χ4n) is 3.13. The van der Waals surface area contributed by atoms with Crippen LogP contribution in [0.5, 0.6) is 17.2 Å². The Morgan fingerprint density at radius 1 is 1.19 bits per heavy atom. The van der Waals surface area contributed by atoms with Crippen LogP contribution in [0.2, 0.25) is 0 Å². The molecule has 1 aliphatic heterocycles. The minimum absolute atomic E-state index is 0.0392. The number of nitrogens with zero attached hydrogens (tertiary/aromatic N) is 1. The van der Waals surface area contributed by atoms with Crippen LogP contribution >= 0.6 is 0 Å². The second-order valence-corrected chi connectivity index (χ2v) is 6.31. The Balaban J connectivity index is 1.73. The zero-order valence-corrected chi connectivity index (χ0v) is 16.0. The maximum absolute atomic E-state index is 12.8. The van der Waals surface area contributed by atoms with E-state index in [0.717, 1.165) is 22.6 Å². The summed E-state index contributed by atoms with van der Waals surface area (Å²) in [5.74, 6) is 2.21. The molecule has 3 rings (SSSR count). The van der Waals surface area contributed by atoms with E-state index in [9.17, 15) is 4.79 Å². The van der Waals surface area contributed by atoms with E-state index in [-0.39, 0.29) is 11.9 Å². The first-order valence-electron chi connectivity index (χ1n) is 9.14. The second-order valence-electron chi connectivity index (χ2n) is 6.31. The molecule has 5 heteroatoms. The number of rotatable bonds is 6. The van der Waals surface area contributed by atoms with E-state index in [4.69, 9.17) is 14.2 Å². The van der Waals surface area contributed by atoms with Gasteiger partial charge in [-0.25, -0.2) is 0 Å². The quantitative estimate of drug-likeness (QED) is 0.722. The highest BCUT2D eigenvalue weighted by Crippen LogP contribution is 2.31. The molecule has 27 heavy (non-hydrogen) atoms. The summed E-state index contributed by atoms with van der Waals surface area (Å²) in [7, 11) is 1.64. The summed E-state index contributed by atoms with van der Waals surface area (Å²) in [4.78, 5) is 14.6. The zero-order chi connectivity index (χ0) is 19.2. The molecule has 0 aromatic heterocycles. The van der Waals surface area contributed by atoms with Crippen molar-refractivity contribution in [1.82, 2.24) is 4.90 Å². The molecular formula is C22H25NO4. The number of amides is 1. The Labute approximate surface area is 160 Å². The highest BCUT2D eigenvalue weighted by Gasteiger charge is 2.18. The smallest absolute Gasteiger partial charge is 0.247 e. The molecule has 0 saturated carbocycles. The number of likely N-dealkylation sites (N-methyl/N-ethyl adjacent to an activating group) is 1. The van der Waals surface area contributed by atoms with Crippen molar-refractivity contribution < 1.29 is 19.0 Å². The Morgan fingerprint density at radius 2 is 1.96 bits per heavy atom. The van der Waals surface area contributed by atoms with Crippen molar-refractivity contribution in [1.29, 1.82) is 0 Å². The summed E-state index contributed by atoms with van der Waals surface area (Å²) < 4.78 is 16.4. The predicted molar refractivity (Wildman–Crippen MR) is 105 cm³/mol.